The van der Waals surface area contributed by atoms with E-state index in [0.717, 1.165) is 12.8 Å². The summed E-state index contributed by atoms with van der Waals surface area (Å²) in [5.74, 6) is 0.0901. The lowest BCUT2D eigenvalue weighted by Crippen LogP contribution is -2.46. The average molecular weight is 350 g/mol. The molecule has 0 saturated carbocycles. The molecule has 0 bridgehead atoms. The van der Waals surface area contributed by atoms with Crippen LogP contribution in [0.15, 0.2) is 42.7 Å². The molecule has 1 aliphatic heterocycles. The summed E-state index contributed by atoms with van der Waals surface area (Å²) < 4.78 is 19.5. The largest absolute Gasteiger partial charge is 0.487 e. The van der Waals surface area contributed by atoms with Gasteiger partial charge in [0.15, 0.2) is 0 Å². The Labute approximate surface area is 144 Å². The van der Waals surface area contributed by atoms with E-state index in [-0.39, 0.29) is 17.8 Å². The summed E-state index contributed by atoms with van der Waals surface area (Å²) in [7, 11) is 0. The minimum atomic E-state index is -0.459. The predicted octanol–water partition coefficient (Wildman–Crippen LogP) is 3.95. The quantitative estimate of drug-likeness (QED) is 0.912. The zero-order valence-corrected chi connectivity index (χ0v) is 13.7. The molecule has 2 amide bonds. The van der Waals surface area contributed by atoms with Crippen molar-refractivity contribution >= 4 is 23.3 Å². The van der Waals surface area contributed by atoms with Crippen LogP contribution in [0.1, 0.15) is 12.8 Å². The van der Waals surface area contributed by atoms with Crippen molar-refractivity contribution in [3.8, 4) is 5.75 Å². The molecule has 1 unspecified atom stereocenters. The molecule has 1 aromatic heterocycles. The topological polar surface area (TPSA) is 54.5 Å². The molecule has 2 heterocycles. The highest BCUT2D eigenvalue weighted by Crippen LogP contribution is 2.26. The molecule has 1 aromatic carbocycles. The minimum Gasteiger partial charge on any atom is -0.487 e. The Bertz CT molecular complexity index is 728. The van der Waals surface area contributed by atoms with E-state index in [2.05, 4.69) is 10.3 Å². The number of anilines is 1. The Morgan fingerprint density at radius 2 is 2.21 bits per heavy atom. The highest BCUT2D eigenvalue weighted by atomic mass is 35.5. The van der Waals surface area contributed by atoms with Gasteiger partial charge in [0.25, 0.3) is 0 Å². The van der Waals surface area contributed by atoms with Gasteiger partial charge in [-0.3, -0.25) is 4.98 Å². The second-order valence-electron chi connectivity index (χ2n) is 5.54. The van der Waals surface area contributed by atoms with Crippen molar-refractivity contribution in [2.75, 3.05) is 18.4 Å². The zero-order chi connectivity index (χ0) is 16.9. The summed E-state index contributed by atoms with van der Waals surface area (Å²) in [4.78, 5) is 17.9. The van der Waals surface area contributed by atoms with Crippen molar-refractivity contribution in [1.82, 2.24) is 9.88 Å². The third-order valence-corrected chi connectivity index (χ3v) is 4.09. The van der Waals surface area contributed by atoms with E-state index in [9.17, 15) is 9.18 Å². The second-order valence-corrected chi connectivity index (χ2v) is 5.95. The van der Waals surface area contributed by atoms with Crippen LogP contribution in [0.4, 0.5) is 14.9 Å². The number of urea groups is 1. The fourth-order valence-corrected chi connectivity index (χ4v) is 2.78. The highest BCUT2D eigenvalue weighted by Gasteiger charge is 2.25. The first-order valence-electron chi connectivity index (χ1n) is 7.70. The Hall–Kier alpha value is -2.34. The number of nitrogens with zero attached hydrogens (tertiary/aromatic N) is 2. The molecule has 1 fully saturated rings. The molecule has 0 aliphatic carbocycles. The van der Waals surface area contributed by atoms with E-state index in [1.165, 1.54) is 18.3 Å². The van der Waals surface area contributed by atoms with Crippen LogP contribution in [0.3, 0.4) is 0 Å². The van der Waals surface area contributed by atoms with E-state index >= 15 is 0 Å². The highest BCUT2D eigenvalue weighted by molar-refractivity contribution is 6.31. The normalized spacial score (nSPS) is 17.4. The number of amides is 2. The molecular formula is C17H17ClFN3O2. The van der Waals surface area contributed by atoms with Gasteiger partial charge in [0.05, 0.1) is 12.2 Å². The van der Waals surface area contributed by atoms with Gasteiger partial charge in [-0.25, -0.2) is 9.18 Å². The molecule has 24 heavy (non-hydrogen) atoms. The van der Waals surface area contributed by atoms with Crippen molar-refractivity contribution < 1.29 is 13.9 Å². The van der Waals surface area contributed by atoms with Crippen LogP contribution in [0.2, 0.25) is 5.02 Å². The van der Waals surface area contributed by atoms with Crippen LogP contribution in [0, 0.1) is 5.82 Å². The lowest BCUT2D eigenvalue weighted by molar-refractivity contribution is 0.106. The molecule has 7 heteroatoms. The van der Waals surface area contributed by atoms with E-state index in [1.54, 1.807) is 29.3 Å². The molecule has 2 aromatic rings. The minimum absolute atomic E-state index is 0.162. The smallest absolute Gasteiger partial charge is 0.322 e. The van der Waals surface area contributed by atoms with Gasteiger partial charge in [0.1, 0.15) is 22.7 Å². The monoisotopic (exact) mass is 349 g/mol. The Morgan fingerprint density at radius 1 is 1.38 bits per heavy atom. The lowest BCUT2D eigenvalue weighted by Gasteiger charge is -2.33. The number of aromatic nitrogens is 1. The number of pyridine rings is 1. The number of para-hydroxylation sites is 1. The number of hydrogen-bond donors (Lipinski definition) is 1. The van der Waals surface area contributed by atoms with Crippen LogP contribution in [-0.2, 0) is 0 Å². The first-order chi connectivity index (χ1) is 11.6. The fourth-order valence-electron chi connectivity index (χ4n) is 2.61. The van der Waals surface area contributed by atoms with Crippen molar-refractivity contribution in [2.24, 2.45) is 0 Å². The van der Waals surface area contributed by atoms with E-state index in [4.69, 9.17) is 16.3 Å². The first kappa shape index (κ1) is 16.5. The third-order valence-electron chi connectivity index (χ3n) is 3.81. The summed E-state index contributed by atoms with van der Waals surface area (Å²) in [6.45, 7) is 1.02. The van der Waals surface area contributed by atoms with Gasteiger partial charge >= 0.3 is 6.03 Å². The SMILES string of the molecule is O=C(Nc1ccccc1F)N1CCCC(Oc2ccncc2Cl)C1. The first-order valence-corrected chi connectivity index (χ1v) is 8.08. The van der Waals surface area contributed by atoms with Crippen LogP contribution >= 0.6 is 11.6 Å². The molecule has 1 saturated heterocycles. The maximum atomic E-state index is 13.6. The molecule has 1 aliphatic rings. The number of nitrogens with one attached hydrogen (secondary N) is 1. The summed E-state index contributed by atoms with van der Waals surface area (Å²) in [6.07, 6.45) is 4.58. The number of benzene rings is 1. The number of hydrogen-bond acceptors (Lipinski definition) is 3. The molecule has 0 radical (unpaired) electrons. The maximum Gasteiger partial charge on any atom is 0.322 e. The van der Waals surface area contributed by atoms with Crippen LogP contribution < -0.4 is 10.1 Å². The van der Waals surface area contributed by atoms with E-state index in [1.807, 2.05) is 0 Å². The predicted molar refractivity (Wildman–Crippen MR) is 89.9 cm³/mol. The number of likely N-dealkylation sites (tertiary alicyclic amines) is 1. The second kappa shape index (κ2) is 7.49. The molecule has 3 rings (SSSR count). The van der Waals surface area contributed by atoms with Crippen molar-refractivity contribution in [3.05, 3.63) is 53.6 Å². The Balaban J connectivity index is 1.62. The van der Waals surface area contributed by atoms with Crippen LogP contribution in [-0.4, -0.2) is 35.1 Å². The average Bonchev–Trinajstić information content (AvgIpc) is 2.59. The number of carbonyl (C=O) groups is 1. The molecule has 1 atom stereocenters. The van der Waals surface area contributed by atoms with Gasteiger partial charge in [-0.15, -0.1) is 0 Å². The van der Waals surface area contributed by atoms with Gasteiger partial charge in [-0.1, -0.05) is 23.7 Å². The number of halogens is 2. The van der Waals surface area contributed by atoms with Crippen molar-refractivity contribution in [3.63, 3.8) is 0 Å². The van der Waals surface area contributed by atoms with Gasteiger partial charge < -0.3 is 15.0 Å². The maximum absolute atomic E-state index is 13.6. The number of ether oxygens (including phenoxy) is 1. The van der Waals surface area contributed by atoms with E-state index < -0.39 is 5.82 Å². The van der Waals surface area contributed by atoms with Crippen molar-refractivity contribution in [2.45, 2.75) is 18.9 Å². The Morgan fingerprint density at radius 3 is 3.00 bits per heavy atom. The molecule has 126 valence electrons. The summed E-state index contributed by atoms with van der Waals surface area (Å²) in [6, 6.07) is 7.45. The third kappa shape index (κ3) is 3.94. The van der Waals surface area contributed by atoms with Gasteiger partial charge in [-0.05, 0) is 25.0 Å². The summed E-state index contributed by atoms with van der Waals surface area (Å²) >= 11 is 6.05. The standard InChI is InChI=1S/C17H17ClFN3O2/c18-13-10-20-8-7-16(13)24-12-4-3-9-22(11-12)17(23)21-15-6-2-1-5-14(15)19/h1-2,5-8,10,12H,3-4,9,11H2,(H,21,23). The molecule has 1 N–H and O–H groups in total. The number of carbonyl (C=O) groups excluding carboxylic acids is 1. The zero-order valence-electron chi connectivity index (χ0n) is 12.9. The fraction of sp³-hybridized carbons (Fsp3) is 0.294. The van der Waals surface area contributed by atoms with Crippen LogP contribution in [0.25, 0.3) is 0 Å². The van der Waals surface area contributed by atoms with Gasteiger partial charge in [0, 0.05) is 25.0 Å². The molecule has 0 spiro atoms. The lowest BCUT2D eigenvalue weighted by atomic mass is 10.1. The molecular weight excluding hydrogens is 333 g/mol. The van der Waals surface area contributed by atoms with Crippen LogP contribution in [0.5, 0.6) is 5.75 Å². The van der Waals surface area contributed by atoms with E-state index in [0.29, 0.717) is 23.9 Å². The Kier molecular flexibility index (Phi) is 5.15. The number of rotatable bonds is 3. The number of piperidine rings is 1. The summed E-state index contributed by atoms with van der Waals surface area (Å²) in [5, 5.41) is 3.03. The molecule has 5 nitrogen and oxygen atoms in total. The van der Waals surface area contributed by atoms with Crippen molar-refractivity contribution in [1.29, 1.82) is 0 Å². The summed E-state index contributed by atoms with van der Waals surface area (Å²) in [5.41, 5.74) is 0.169. The van der Waals surface area contributed by atoms with Gasteiger partial charge in [0.2, 0.25) is 0 Å². The van der Waals surface area contributed by atoms with Gasteiger partial charge in [-0.2, -0.15) is 0 Å².